The van der Waals surface area contributed by atoms with Crippen molar-refractivity contribution in [3.05, 3.63) is 82.4 Å². The molecule has 0 saturated heterocycles. The van der Waals surface area contributed by atoms with Gasteiger partial charge in [-0.25, -0.2) is 0 Å². The van der Waals surface area contributed by atoms with E-state index in [4.69, 9.17) is 26.3 Å². The van der Waals surface area contributed by atoms with Crippen LogP contribution < -0.4 is 5.73 Å². The van der Waals surface area contributed by atoms with Crippen LogP contribution in [0.3, 0.4) is 0 Å². The molecule has 2 N–H and O–H groups in total. The monoisotopic (exact) mass is 407 g/mol. The van der Waals surface area contributed by atoms with Crippen molar-refractivity contribution in [1.82, 2.24) is 0 Å². The third kappa shape index (κ3) is 3.52. The van der Waals surface area contributed by atoms with Gasteiger partial charge < -0.3 is 14.7 Å². The number of hydrogen-bond acceptors (Lipinski definition) is 6. The van der Waals surface area contributed by atoms with Crippen LogP contribution in [0.4, 0.5) is 0 Å². The van der Waals surface area contributed by atoms with E-state index in [1.165, 1.54) is 13.8 Å². The highest BCUT2D eigenvalue weighted by atomic mass is 35.5. The van der Waals surface area contributed by atoms with Gasteiger partial charge in [0.05, 0.1) is 0 Å². The van der Waals surface area contributed by atoms with Crippen LogP contribution in [0, 0.1) is 0 Å². The molecule has 2 aromatic rings. The van der Waals surface area contributed by atoms with Gasteiger partial charge in [0.25, 0.3) is 0 Å². The molecule has 8 heteroatoms. The van der Waals surface area contributed by atoms with Gasteiger partial charge in [0.1, 0.15) is 4.75 Å². The van der Waals surface area contributed by atoms with E-state index in [-0.39, 0.29) is 5.88 Å². The van der Waals surface area contributed by atoms with Gasteiger partial charge in [-0.15, -0.1) is 0 Å². The molecule has 6 nitrogen and oxygen atoms in total. The Hall–Kier alpha value is -2.51. The van der Waals surface area contributed by atoms with Gasteiger partial charge >= 0.3 is 10.1 Å². The summed E-state index contributed by atoms with van der Waals surface area (Å²) in [7, 11) is -4.23. The van der Waals surface area contributed by atoms with Crippen LogP contribution in [0.5, 0.6) is 0 Å². The topological polar surface area (TPSA) is 95.7 Å². The summed E-state index contributed by atoms with van der Waals surface area (Å²) >= 11 is 5.84. The Bertz CT molecular complexity index is 998. The second kappa shape index (κ2) is 6.90. The summed E-state index contributed by atoms with van der Waals surface area (Å²) in [5.41, 5.74) is 6.75. The number of carbonyl (C=O) groups excluding carboxylic acids is 1. The largest absolute Gasteiger partial charge is 0.460 e. The summed E-state index contributed by atoms with van der Waals surface area (Å²) in [6.07, 6.45) is -1.08. The highest BCUT2D eigenvalue weighted by molar-refractivity contribution is 7.87. The third-order valence-electron chi connectivity index (χ3n) is 4.39. The van der Waals surface area contributed by atoms with Crippen molar-refractivity contribution in [3.8, 4) is 0 Å². The zero-order valence-electron chi connectivity index (χ0n) is 14.7. The molecule has 0 fully saturated rings. The summed E-state index contributed by atoms with van der Waals surface area (Å²) in [6.45, 7) is 2.98. The molecule has 2 aromatic carbocycles. The number of ketones is 1. The molecule has 0 bridgehead atoms. The standard InChI is InChI=1S/C19H18ClNO5S/c1-19(2,13-6-4-3-5-7-13)27(23,24)26-17-15(22)16(25-18(17)21)12-8-10-14(20)11-9-12/h3-11,16H,21H2,1-2H3. The molecule has 142 valence electrons. The molecule has 1 heterocycles. The zero-order valence-corrected chi connectivity index (χ0v) is 16.3. The van der Waals surface area contributed by atoms with Crippen molar-refractivity contribution >= 4 is 27.5 Å². The van der Waals surface area contributed by atoms with Crippen molar-refractivity contribution in [2.24, 2.45) is 5.73 Å². The lowest BCUT2D eigenvalue weighted by atomic mass is 10.0. The van der Waals surface area contributed by atoms with E-state index < -0.39 is 32.5 Å². The molecule has 0 spiro atoms. The second-order valence-electron chi connectivity index (χ2n) is 6.52. The fraction of sp³-hybridized carbons (Fsp3) is 0.211. The van der Waals surface area contributed by atoms with Crippen molar-refractivity contribution in [2.45, 2.75) is 24.7 Å². The maximum Gasteiger partial charge on any atom is 0.319 e. The van der Waals surface area contributed by atoms with Gasteiger partial charge in [-0.3, -0.25) is 4.79 Å². The molecule has 27 heavy (non-hydrogen) atoms. The van der Waals surface area contributed by atoms with Gasteiger partial charge in [-0.2, -0.15) is 8.42 Å². The SMILES string of the molecule is CC(C)(c1ccccc1)S(=O)(=O)OC1=C(N)OC(c2ccc(Cl)cc2)C1=O. The minimum absolute atomic E-state index is 0.368. The quantitative estimate of drug-likeness (QED) is 0.763. The maximum atomic E-state index is 12.9. The second-order valence-corrected chi connectivity index (χ2v) is 9.05. The first kappa shape index (κ1) is 19.3. The van der Waals surface area contributed by atoms with Crippen LogP contribution in [0.2, 0.25) is 5.02 Å². The van der Waals surface area contributed by atoms with Gasteiger partial charge in [-0.05, 0) is 31.5 Å². The average Bonchev–Trinajstić information content (AvgIpc) is 2.91. The Morgan fingerprint density at radius 1 is 1.07 bits per heavy atom. The van der Waals surface area contributed by atoms with E-state index >= 15 is 0 Å². The van der Waals surface area contributed by atoms with E-state index in [9.17, 15) is 13.2 Å². The van der Waals surface area contributed by atoms with E-state index in [1.807, 2.05) is 0 Å². The summed E-state index contributed by atoms with van der Waals surface area (Å²) < 4.78 is 34.8. The Morgan fingerprint density at radius 3 is 2.26 bits per heavy atom. The van der Waals surface area contributed by atoms with Gasteiger partial charge in [0, 0.05) is 10.6 Å². The molecular formula is C19H18ClNO5S. The first-order valence-corrected chi connectivity index (χ1v) is 9.88. The van der Waals surface area contributed by atoms with E-state index in [0.29, 0.717) is 16.1 Å². The Kier molecular flexibility index (Phi) is 4.92. The summed E-state index contributed by atoms with van der Waals surface area (Å²) in [5.74, 6) is -1.55. The Balaban J connectivity index is 1.87. The van der Waals surface area contributed by atoms with Crippen LogP contribution in [-0.4, -0.2) is 14.2 Å². The van der Waals surface area contributed by atoms with Crippen LogP contribution >= 0.6 is 11.6 Å². The minimum Gasteiger partial charge on any atom is -0.460 e. The lowest BCUT2D eigenvalue weighted by Gasteiger charge is -2.24. The molecule has 0 saturated carbocycles. The summed E-state index contributed by atoms with van der Waals surface area (Å²) in [5, 5.41) is 0.494. The van der Waals surface area contributed by atoms with Gasteiger partial charge in [-0.1, -0.05) is 54.1 Å². The zero-order chi connectivity index (χ0) is 19.8. The predicted molar refractivity (Wildman–Crippen MR) is 101 cm³/mol. The lowest BCUT2D eigenvalue weighted by Crippen LogP contribution is -2.32. The van der Waals surface area contributed by atoms with Gasteiger partial charge in [0.2, 0.25) is 17.4 Å². The first-order chi connectivity index (χ1) is 12.6. The third-order valence-corrected chi connectivity index (χ3v) is 6.51. The molecule has 0 aliphatic carbocycles. The van der Waals surface area contributed by atoms with E-state index in [1.54, 1.807) is 54.6 Å². The highest BCUT2D eigenvalue weighted by Crippen LogP contribution is 2.37. The molecule has 1 aliphatic heterocycles. The van der Waals surface area contributed by atoms with Crippen molar-refractivity contribution in [1.29, 1.82) is 0 Å². The number of nitrogens with two attached hydrogens (primary N) is 1. The van der Waals surface area contributed by atoms with Crippen LogP contribution in [0.25, 0.3) is 0 Å². The number of Topliss-reactive ketones (excluding diaryl/α,β-unsaturated/α-hetero) is 1. The molecule has 1 unspecified atom stereocenters. The van der Waals surface area contributed by atoms with Gasteiger partial charge in [0.15, 0.2) is 6.10 Å². The van der Waals surface area contributed by atoms with Crippen LogP contribution in [0.1, 0.15) is 31.1 Å². The van der Waals surface area contributed by atoms with Crippen LogP contribution in [0.15, 0.2) is 66.2 Å². The van der Waals surface area contributed by atoms with Crippen molar-refractivity contribution in [3.63, 3.8) is 0 Å². The first-order valence-electron chi connectivity index (χ1n) is 8.09. The molecule has 1 atom stereocenters. The summed E-state index contributed by atoms with van der Waals surface area (Å²) in [6, 6.07) is 15.0. The number of halogens is 1. The Morgan fingerprint density at radius 2 is 1.67 bits per heavy atom. The molecule has 1 aliphatic rings. The van der Waals surface area contributed by atoms with E-state index in [0.717, 1.165) is 0 Å². The van der Waals surface area contributed by atoms with Crippen LogP contribution in [-0.2, 0) is 28.6 Å². The number of carbonyl (C=O) groups is 1. The molecular weight excluding hydrogens is 390 g/mol. The number of ether oxygens (including phenoxy) is 1. The number of hydrogen-bond donors (Lipinski definition) is 1. The normalized spacial score (nSPS) is 17.7. The minimum atomic E-state index is -4.23. The fourth-order valence-corrected chi connectivity index (χ4v) is 3.75. The molecule has 3 rings (SSSR count). The molecule has 0 aromatic heterocycles. The lowest BCUT2D eigenvalue weighted by molar-refractivity contribution is -0.123. The smallest absolute Gasteiger partial charge is 0.319 e. The molecule has 0 amide bonds. The summed E-state index contributed by atoms with van der Waals surface area (Å²) in [4.78, 5) is 12.7. The number of benzene rings is 2. The highest BCUT2D eigenvalue weighted by Gasteiger charge is 2.44. The van der Waals surface area contributed by atoms with Crippen molar-refractivity contribution in [2.75, 3.05) is 0 Å². The predicted octanol–water partition coefficient (Wildman–Crippen LogP) is 3.39. The number of rotatable bonds is 5. The maximum absolute atomic E-state index is 12.9. The van der Waals surface area contributed by atoms with Crippen molar-refractivity contribution < 1.29 is 22.1 Å². The fourth-order valence-electron chi connectivity index (χ4n) is 2.61. The Labute approximate surface area is 162 Å². The van der Waals surface area contributed by atoms with E-state index in [2.05, 4.69) is 0 Å². The average molecular weight is 408 g/mol. The molecule has 0 radical (unpaired) electrons.